The van der Waals surface area contributed by atoms with Crippen LogP contribution in [0.2, 0.25) is 5.02 Å². The number of aromatic nitrogens is 4. The van der Waals surface area contributed by atoms with Crippen molar-refractivity contribution in [1.82, 2.24) is 24.4 Å². The molecule has 2 aliphatic rings. The Kier molecular flexibility index (Phi) is 8.11. The van der Waals surface area contributed by atoms with Gasteiger partial charge in [-0.25, -0.2) is 24.1 Å². The summed E-state index contributed by atoms with van der Waals surface area (Å²) < 4.78 is 26.9. The lowest BCUT2D eigenvalue weighted by Crippen LogP contribution is -2.35. The maximum Gasteiger partial charge on any atom is 0.356 e. The van der Waals surface area contributed by atoms with Crippen LogP contribution in [0.3, 0.4) is 0 Å². The second-order valence-electron chi connectivity index (χ2n) is 10.5. The number of ether oxygens (including phenoxy) is 2. The van der Waals surface area contributed by atoms with E-state index in [9.17, 15) is 9.18 Å². The molecule has 1 atom stereocenters. The number of methoxy groups -OCH3 is 1. The molecule has 1 aromatic carbocycles. The third-order valence-corrected chi connectivity index (χ3v) is 8.89. The summed E-state index contributed by atoms with van der Waals surface area (Å²) in [5.41, 5.74) is 3.28. The number of imidazole rings is 1. The maximum absolute atomic E-state index is 14.2. The van der Waals surface area contributed by atoms with E-state index >= 15 is 0 Å². The standard InChI is InChI=1S/C29H31ClFN5O3S/c1-38-29(37)25-5-4-24-28(34-25)36(15-22-8-11-39-22)26(33-24)12-18-6-9-35(10-7-18)16-27-32-21(17-40-27)13-19-2-3-20(30)14-23(19)31/h2-5,14,17-18,22H,6-13,15-16H2,1H3/t22-/m0/s1. The smallest absolute Gasteiger partial charge is 0.356 e. The van der Waals surface area contributed by atoms with Crippen molar-refractivity contribution >= 4 is 40.1 Å². The second-order valence-corrected chi connectivity index (χ2v) is 11.9. The summed E-state index contributed by atoms with van der Waals surface area (Å²) in [7, 11) is 1.36. The van der Waals surface area contributed by atoms with Gasteiger partial charge in [-0.3, -0.25) is 4.90 Å². The highest BCUT2D eigenvalue weighted by Crippen LogP contribution is 2.27. The Labute approximate surface area is 241 Å². The summed E-state index contributed by atoms with van der Waals surface area (Å²) in [5, 5.41) is 3.47. The molecule has 0 amide bonds. The van der Waals surface area contributed by atoms with Crippen LogP contribution < -0.4 is 0 Å². The van der Waals surface area contributed by atoms with E-state index in [4.69, 9.17) is 31.0 Å². The van der Waals surface area contributed by atoms with Crippen LogP contribution in [0.15, 0.2) is 35.7 Å². The van der Waals surface area contributed by atoms with Crippen LogP contribution in [-0.4, -0.2) is 63.3 Å². The number of likely N-dealkylation sites (tertiary alicyclic amines) is 1. The van der Waals surface area contributed by atoms with Crippen LogP contribution in [0.1, 0.15) is 51.8 Å². The van der Waals surface area contributed by atoms with Crippen molar-refractivity contribution in [3.8, 4) is 0 Å². The molecule has 40 heavy (non-hydrogen) atoms. The molecular weight excluding hydrogens is 553 g/mol. The fraction of sp³-hybridized carbons (Fsp3) is 0.448. The number of hydrogen-bond donors (Lipinski definition) is 0. The summed E-state index contributed by atoms with van der Waals surface area (Å²) in [6.45, 7) is 4.25. The molecule has 6 rings (SSSR count). The van der Waals surface area contributed by atoms with Gasteiger partial charge in [-0.05, 0) is 68.1 Å². The van der Waals surface area contributed by atoms with E-state index in [0.717, 1.165) is 74.0 Å². The summed E-state index contributed by atoms with van der Waals surface area (Å²) in [5.74, 6) is 0.761. The topological polar surface area (TPSA) is 82.4 Å². The first-order valence-corrected chi connectivity index (χ1v) is 14.9. The highest BCUT2D eigenvalue weighted by molar-refractivity contribution is 7.09. The Hall–Kier alpha value is -2.92. The molecule has 0 aliphatic carbocycles. The number of carbonyl (C=O) groups is 1. The number of benzene rings is 1. The van der Waals surface area contributed by atoms with Gasteiger partial charge in [0.25, 0.3) is 0 Å². The van der Waals surface area contributed by atoms with Gasteiger partial charge in [-0.1, -0.05) is 17.7 Å². The van der Waals surface area contributed by atoms with Gasteiger partial charge in [-0.2, -0.15) is 0 Å². The van der Waals surface area contributed by atoms with Crippen LogP contribution in [0.5, 0.6) is 0 Å². The molecule has 0 spiro atoms. The lowest BCUT2D eigenvalue weighted by molar-refractivity contribution is -0.0591. The minimum Gasteiger partial charge on any atom is -0.464 e. The molecule has 0 saturated carbocycles. The first-order chi connectivity index (χ1) is 19.4. The Morgan fingerprint density at radius 1 is 1.18 bits per heavy atom. The van der Waals surface area contributed by atoms with Crippen LogP contribution in [0.4, 0.5) is 4.39 Å². The van der Waals surface area contributed by atoms with Gasteiger partial charge in [0, 0.05) is 29.9 Å². The van der Waals surface area contributed by atoms with Crippen LogP contribution in [0.25, 0.3) is 11.2 Å². The third-order valence-electron chi connectivity index (χ3n) is 7.77. The highest BCUT2D eigenvalue weighted by atomic mass is 35.5. The van der Waals surface area contributed by atoms with Gasteiger partial charge in [0.15, 0.2) is 11.3 Å². The second kappa shape index (κ2) is 11.9. The predicted molar refractivity (Wildman–Crippen MR) is 151 cm³/mol. The van der Waals surface area contributed by atoms with E-state index in [0.29, 0.717) is 35.1 Å². The van der Waals surface area contributed by atoms with Gasteiger partial charge in [0.2, 0.25) is 0 Å². The van der Waals surface area contributed by atoms with Crippen molar-refractivity contribution in [2.24, 2.45) is 5.92 Å². The molecule has 210 valence electrons. The normalized spacial score (nSPS) is 18.2. The molecule has 11 heteroatoms. The van der Waals surface area contributed by atoms with Gasteiger partial charge in [0.05, 0.1) is 32.0 Å². The molecular formula is C29H31ClFN5O3S. The molecule has 8 nitrogen and oxygen atoms in total. The number of halogens is 2. The van der Waals surface area contributed by atoms with E-state index in [1.807, 2.05) is 11.4 Å². The SMILES string of the molecule is COC(=O)c1ccc2nc(CC3CCN(Cc4nc(Cc5ccc(Cl)cc5F)cs4)CC3)n(C[C@@H]3CCO3)c2n1. The summed E-state index contributed by atoms with van der Waals surface area (Å²) in [6, 6.07) is 8.30. The van der Waals surface area contributed by atoms with E-state index in [1.54, 1.807) is 29.5 Å². The minimum atomic E-state index is -0.451. The Bertz CT molecular complexity index is 1510. The molecule has 0 unspecified atom stereocenters. The van der Waals surface area contributed by atoms with Gasteiger partial charge < -0.3 is 14.0 Å². The van der Waals surface area contributed by atoms with Crippen molar-refractivity contribution in [1.29, 1.82) is 0 Å². The van der Waals surface area contributed by atoms with Gasteiger partial charge >= 0.3 is 5.97 Å². The van der Waals surface area contributed by atoms with Gasteiger partial charge in [0.1, 0.15) is 22.2 Å². The Morgan fingerprint density at radius 2 is 2.00 bits per heavy atom. The number of nitrogens with zero attached hydrogens (tertiary/aromatic N) is 5. The number of thiazole rings is 1. The summed E-state index contributed by atoms with van der Waals surface area (Å²) in [6.07, 6.45) is 4.63. The zero-order chi connectivity index (χ0) is 27.6. The molecule has 4 aromatic rings. The zero-order valence-corrected chi connectivity index (χ0v) is 23.9. The maximum atomic E-state index is 14.2. The quantitative estimate of drug-likeness (QED) is 0.247. The monoisotopic (exact) mass is 583 g/mol. The van der Waals surface area contributed by atoms with E-state index in [2.05, 4.69) is 14.5 Å². The number of hydrogen-bond acceptors (Lipinski definition) is 8. The number of fused-ring (bicyclic) bond motifs is 1. The van der Waals surface area contributed by atoms with Crippen LogP contribution >= 0.6 is 22.9 Å². The third kappa shape index (κ3) is 6.05. The molecule has 0 bridgehead atoms. The number of esters is 1. The zero-order valence-electron chi connectivity index (χ0n) is 22.3. The average Bonchev–Trinajstić information content (AvgIpc) is 3.51. The number of piperidine rings is 1. The van der Waals surface area contributed by atoms with Crippen molar-refractivity contribution < 1.29 is 18.7 Å². The van der Waals surface area contributed by atoms with E-state index < -0.39 is 5.97 Å². The van der Waals surface area contributed by atoms with E-state index in [1.165, 1.54) is 13.2 Å². The predicted octanol–water partition coefficient (Wildman–Crippen LogP) is 5.30. The summed E-state index contributed by atoms with van der Waals surface area (Å²) in [4.78, 5) is 28.8. The average molecular weight is 584 g/mol. The molecule has 2 saturated heterocycles. The number of rotatable bonds is 9. The Morgan fingerprint density at radius 3 is 2.73 bits per heavy atom. The number of carbonyl (C=O) groups excluding carboxylic acids is 1. The molecule has 3 aromatic heterocycles. The first-order valence-electron chi connectivity index (χ1n) is 13.6. The minimum absolute atomic E-state index is 0.154. The van der Waals surface area contributed by atoms with Crippen molar-refractivity contribution in [3.63, 3.8) is 0 Å². The lowest BCUT2D eigenvalue weighted by atomic mass is 9.93. The van der Waals surface area contributed by atoms with Crippen LogP contribution in [0, 0.1) is 11.7 Å². The molecule has 0 N–H and O–H groups in total. The first kappa shape index (κ1) is 27.3. The van der Waals surface area contributed by atoms with Crippen molar-refractivity contribution in [3.05, 3.63) is 74.3 Å². The van der Waals surface area contributed by atoms with Crippen LogP contribution in [-0.2, 0) is 35.4 Å². The summed E-state index contributed by atoms with van der Waals surface area (Å²) >= 11 is 7.51. The molecule has 2 fully saturated rings. The largest absolute Gasteiger partial charge is 0.464 e. The van der Waals surface area contributed by atoms with E-state index in [-0.39, 0.29) is 17.6 Å². The van der Waals surface area contributed by atoms with Crippen molar-refractivity contribution in [2.75, 3.05) is 26.8 Å². The van der Waals surface area contributed by atoms with Crippen molar-refractivity contribution in [2.45, 2.75) is 51.3 Å². The molecule has 2 aliphatic heterocycles. The Balaban J connectivity index is 1.08. The molecule has 5 heterocycles. The number of pyridine rings is 1. The molecule has 0 radical (unpaired) electrons. The fourth-order valence-electron chi connectivity index (χ4n) is 5.41. The highest BCUT2D eigenvalue weighted by Gasteiger charge is 2.26. The lowest BCUT2D eigenvalue weighted by Gasteiger charge is -2.32. The van der Waals surface area contributed by atoms with Gasteiger partial charge in [-0.15, -0.1) is 11.3 Å². The fourth-order valence-corrected chi connectivity index (χ4v) is 6.40.